The molecule has 0 aromatic rings. The smallest absolute Gasteiger partial charge is 0.223 e. The van der Waals surface area contributed by atoms with Gasteiger partial charge in [-0.05, 0) is 59.6 Å². The maximum absolute atomic E-state index is 10.1. The summed E-state index contributed by atoms with van der Waals surface area (Å²) in [6.45, 7) is 14.1. The van der Waals surface area contributed by atoms with Crippen LogP contribution in [-0.4, -0.2) is 21.7 Å². The van der Waals surface area contributed by atoms with Crippen LogP contribution < -0.4 is 5.32 Å². The zero-order valence-electron chi connectivity index (χ0n) is 13.2. The van der Waals surface area contributed by atoms with Crippen LogP contribution in [0.15, 0.2) is 22.3 Å². The van der Waals surface area contributed by atoms with Gasteiger partial charge in [0, 0.05) is 39.6 Å². The van der Waals surface area contributed by atoms with Gasteiger partial charge in [-0.1, -0.05) is 11.1 Å². The molecule has 1 aliphatic carbocycles. The van der Waals surface area contributed by atoms with Gasteiger partial charge in [-0.15, -0.1) is 0 Å². The summed E-state index contributed by atoms with van der Waals surface area (Å²) in [5.74, 6) is -1.72. The van der Waals surface area contributed by atoms with E-state index < -0.39 is 5.91 Å². The Labute approximate surface area is 132 Å². The van der Waals surface area contributed by atoms with E-state index in [4.69, 9.17) is 0 Å². The largest absolute Gasteiger partial charge is 0.353 e. The maximum atomic E-state index is 10.1. The Bertz CT molecular complexity index is 379. The van der Waals surface area contributed by atoms with E-state index >= 15 is 0 Å². The standard InChI is InChI=1S/C15H27NO2.Ti/c1-9-10(2)12(4)13(11(9)3)8-15(17,18)16-14(5,6)7;/h13,16-18H,8H2,1-7H3;. The van der Waals surface area contributed by atoms with Gasteiger partial charge >= 0.3 is 0 Å². The van der Waals surface area contributed by atoms with Gasteiger partial charge in [0.15, 0.2) is 0 Å². The van der Waals surface area contributed by atoms with Crippen molar-refractivity contribution in [3.63, 3.8) is 0 Å². The fourth-order valence-corrected chi connectivity index (χ4v) is 2.68. The molecule has 0 aliphatic heterocycles. The minimum Gasteiger partial charge on any atom is -0.353 e. The summed E-state index contributed by atoms with van der Waals surface area (Å²) in [6, 6.07) is 0. The predicted molar refractivity (Wildman–Crippen MR) is 74.9 cm³/mol. The van der Waals surface area contributed by atoms with E-state index in [1.807, 2.05) is 20.8 Å². The molecule has 0 saturated carbocycles. The average Bonchev–Trinajstić information content (AvgIpc) is 2.32. The van der Waals surface area contributed by atoms with Gasteiger partial charge in [-0.2, -0.15) is 0 Å². The first kappa shape index (κ1) is 19.1. The summed E-state index contributed by atoms with van der Waals surface area (Å²) in [5, 5.41) is 23.1. The molecule has 0 fully saturated rings. The van der Waals surface area contributed by atoms with Crippen LogP contribution in [0.4, 0.5) is 0 Å². The van der Waals surface area contributed by atoms with Gasteiger partial charge in [0.25, 0.3) is 0 Å². The Hall–Kier alpha value is 0.0743. The molecule has 1 rings (SSSR count). The van der Waals surface area contributed by atoms with E-state index in [1.165, 1.54) is 22.3 Å². The van der Waals surface area contributed by atoms with Crippen LogP contribution in [0.25, 0.3) is 0 Å². The molecule has 0 unspecified atom stereocenters. The summed E-state index contributed by atoms with van der Waals surface area (Å²) < 4.78 is 0. The van der Waals surface area contributed by atoms with Crippen molar-refractivity contribution < 1.29 is 31.9 Å². The van der Waals surface area contributed by atoms with Gasteiger partial charge in [-0.25, -0.2) is 0 Å². The first-order chi connectivity index (χ1) is 7.94. The molecule has 19 heavy (non-hydrogen) atoms. The van der Waals surface area contributed by atoms with Crippen LogP contribution in [0.5, 0.6) is 0 Å². The van der Waals surface area contributed by atoms with Crippen LogP contribution >= 0.6 is 0 Å². The van der Waals surface area contributed by atoms with Crippen molar-refractivity contribution in [2.75, 3.05) is 0 Å². The van der Waals surface area contributed by atoms with Crippen LogP contribution in [0.3, 0.4) is 0 Å². The van der Waals surface area contributed by atoms with Crippen molar-refractivity contribution in [1.82, 2.24) is 5.32 Å². The molecule has 0 aromatic carbocycles. The zero-order chi connectivity index (χ0) is 14.3. The molecule has 0 heterocycles. The molecule has 4 heteroatoms. The first-order valence-corrected chi connectivity index (χ1v) is 6.54. The Balaban J connectivity index is 0.00000324. The van der Waals surface area contributed by atoms with Crippen LogP contribution in [0, 0.1) is 5.92 Å². The fraction of sp³-hybridized carbons (Fsp3) is 0.733. The molecule has 0 bridgehead atoms. The molecule has 0 atom stereocenters. The third kappa shape index (κ3) is 4.84. The molecule has 0 saturated heterocycles. The Morgan fingerprint density at radius 3 is 1.63 bits per heavy atom. The van der Waals surface area contributed by atoms with Gasteiger partial charge in [-0.3, -0.25) is 5.32 Å². The van der Waals surface area contributed by atoms with Crippen LogP contribution in [0.1, 0.15) is 54.9 Å². The quantitative estimate of drug-likeness (QED) is 0.555. The molecular formula is C15H27NO2Ti. The molecule has 0 aromatic heterocycles. The molecule has 1 aliphatic rings. The third-order valence-corrected chi connectivity index (χ3v) is 3.85. The summed E-state index contributed by atoms with van der Waals surface area (Å²) in [7, 11) is 0. The van der Waals surface area contributed by atoms with E-state index in [1.54, 1.807) is 0 Å². The topological polar surface area (TPSA) is 52.5 Å². The second-order valence-electron chi connectivity index (χ2n) is 6.56. The molecule has 108 valence electrons. The third-order valence-electron chi connectivity index (χ3n) is 3.85. The molecule has 3 N–H and O–H groups in total. The Kier molecular flexibility index (Phi) is 6.26. The Morgan fingerprint density at radius 2 is 1.32 bits per heavy atom. The van der Waals surface area contributed by atoms with Crippen molar-refractivity contribution in [2.24, 2.45) is 5.92 Å². The second-order valence-corrected chi connectivity index (χ2v) is 6.56. The van der Waals surface area contributed by atoms with Crippen molar-refractivity contribution in [3.05, 3.63) is 22.3 Å². The number of hydrogen-bond acceptors (Lipinski definition) is 3. The van der Waals surface area contributed by atoms with E-state index in [0.717, 1.165) is 0 Å². The SMILES string of the molecule is CC1=C(C)C(CC(O)(O)NC(C)(C)C)C(C)=C1C.[Ti]. The molecule has 0 amide bonds. The summed E-state index contributed by atoms with van der Waals surface area (Å²) in [6.07, 6.45) is 0.288. The minimum absolute atomic E-state index is 0. The summed E-state index contributed by atoms with van der Waals surface area (Å²) in [5.41, 5.74) is 4.72. The van der Waals surface area contributed by atoms with E-state index in [-0.39, 0.29) is 39.6 Å². The van der Waals surface area contributed by atoms with Crippen molar-refractivity contribution in [1.29, 1.82) is 0 Å². The van der Waals surface area contributed by atoms with Gasteiger partial charge < -0.3 is 10.2 Å². The van der Waals surface area contributed by atoms with Crippen LogP contribution in [-0.2, 0) is 21.7 Å². The summed E-state index contributed by atoms with van der Waals surface area (Å²) >= 11 is 0. The zero-order valence-corrected chi connectivity index (χ0v) is 14.7. The van der Waals surface area contributed by atoms with Crippen molar-refractivity contribution >= 4 is 0 Å². The number of hydrogen-bond donors (Lipinski definition) is 3. The van der Waals surface area contributed by atoms with Crippen molar-refractivity contribution in [3.8, 4) is 0 Å². The van der Waals surface area contributed by atoms with E-state index in [0.29, 0.717) is 0 Å². The van der Waals surface area contributed by atoms with Gasteiger partial charge in [0.1, 0.15) is 0 Å². The fourth-order valence-electron chi connectivity index (χ4n) is 2.68. The number of allylic oxidation sites excluding steroid dienone is 4. The van der Waals surface area contributed by atoms with Crippen LogP contribution in [0.2, 0.25) is 0 Å². The molecular weight excluding hydrogens is 274 g/mol. The number of rotatable bonds is 3. The molecule has 0 radical (unpaired) electrons. The van der Waals surface area contributed by atoms with Gasteiger partial charge in [0.05, 0.1) is 0 Å². The number of nitrogens with one attached hydrogen (secondary N) is 1. The maximum Gasteiger partial charge on any atom is 0.223 e. The van der Waals surface area contributed by atoms with Gasteiger partial charge in [0.2, 0.25) is 5.91 Å². The Morgan fingerprint density at radius 1 is 0.947 bits per heavy atom. The van der Waals surface area contributed by atoms with E-state index in [9.17, 15) is 10.2 Å². The summed E-state index contributed by atoms with van der Waals surface area (Å²) in [4.78, 5) is 0. The average molecular weight is 301 g/mol. The normalized spacial score (nSPS) is 18.2. The predicted octanol–water partition coefficient (Wildman–Crippen LogP) is 2.70. The minimum atomic E-state index is -1.84. The monoisotopic (exact) mass is 301 g/mol. The van der Waals surface area contributed by atoms with Crippen molar-refractivity contribution in [2.45, 2.75) is 66.3 Å². The van der Waals surface area contributed by atoms with E-state index in [2.05, 4.69) is 33.0 Å². The first-order valence-electron chi connectivity index (χ1n) is 6.54. The molecule has 3 nitrogen and oxygen atoms in total. The molecule has 0 spiro atoms. The number of aliphatic hydroxyl groups is 2. The second kappa shape index (κ2) is 6.23.